The molecule has 2 aromatic carbocycles. The van der Waals surface area contributed by atoms with Gasteiger partial charge in [0.2, 0.25) is 5.91 Å². The van der Waals surface area contributed by atoms with E-state index in [4.69, 9.17) is 4.74 Å². The molecule has 3 heteroatoms. The molecule has 0 aliphatic rings. The molecule has 126 valence electrons. The second-order valence-electron chi connectivity index (χ2n) is 5.88. The van der Waals surface area contributed by atoms with E-state index in [1.807, 2.05) is 50.2 Å². The normalized spacial score (nSPS) is 10.8. The Hall–Kier alpha value is -2.55. The number of nitrogens with one attached hydrogen (secondary N) is 1. The third-order valence-corrected chi connectivity index (χ3v) is 3.73. The van der Waals surface area contributed by atoms with Crippen molar-refractivity contribution in [2.75, 3.05) is 11.9 Å². The fraction of sp³-hybridized carbons (Fsp3) is 0.286. The van der Waals surface area contributed by atoms with Gasteiger partial charge >= 0.3 is 0 Å². The lowest BCUT2D eigenvalue weighted by molar-refractivity contribution is -0.111. The van der Waals surface area contributed by atoms with Crippen molar-refractivity contribution in [3.8, 4) is 5.75 Å². The molecule has 0 fully saturated rings. The highest BCUT2D eigenvalue weighted by Crippen LogP contribution is 2.20. The van der Waals surface area contributed by atoms with Gasteiger partial charge < -0.3 is 10.1 Å². The minimum Gasteiger partial charge on any atom is -0.493 e. The van der Waals surface area contributed by atoms with Gasteiger partial charge in [-0.15, -0.1) is 0 Å². The summed E-state index contributed by atoms with van der Waals surface area (Å²) in [5.41, 5.74) is 3.98. The molecule has 0 aromatic heterocycles. The Morgan fingerprint density at radius 3 is 2.71 bits per heavy atom. The number of ether oxygens (including phenoxy) is 1. The van der Waals surface area contributed by atoms with Gasteiger partial charge in [-0.3, -0.25) is 4.79 Å². The molecule has 0 radical (unpaired) electrons. The molecule has 0 aliphatic heterocycles. The van der Waals surface area contributed by atoms with E-state index in [2.05, 4.69) is 18.3 Å². The van der Waals surface area contributed by atoms with E-state index in [1.54, 1.807) is 12.2 Å². The van der Waals surface area contributed by atoms with Gasteiger partial charge in [-0.05, 0) is 44.0 Å². The summed E-state index contributed by atoms with van der Waals surface area (Å²) in [4.78, 5) is 12.2. The molecule has 2 aromatic rings. The summed E-state index contributed by atoms with van der Waals surface area (Å²) in [6, 6.07) is 13.7. The first-order chi connectivity index (χ1) is 11.6. The molecule has 0 saturated heterocycles. The van der Waals surface area contributed by atoms with Crippen molar-refractivity contribution in [3.05, 3.63) is 65.2 Å². The highest BCUT2D eigenvalue weighted by Gasteiger charge is 2.03. The van der Waals surface area contributed by atoms with Crippen molar-refractivity contribution in [2.24, 2.45) is 0 Å². The second kappa shape index (κ2) is 8.92. The van der Waals surface area contributed by atoms with Crippen molar-refractivity contribution in [3.63, 3.8) is 0 Å². The third kappa shape index (κ3) is 5.27. The van der Waals surface area contributed by atoms with Crippen LogP contribution in [0.2, 0.25) is 0 Å². The van der Waals surface area contributed by atoms with E-state index in [0.29, 0.717) is 6.61 Å². The second-order valence-corrected chi connectivity index (χ2v) is 5.88. The van der Waals surface area contributed by atoms with Crippen LogP contribution in [-0.2, 0) is 4.79 Å². The summed E-state index contributed by atoms with van der Waals surface area (Å²) in [6.45, 7) is 6.85. The maximum Gasteiger partial charge on any atom is 0.248 e. The maximum absolute atomic E-state index is 12.2. The molecule has 0 spiro atoms. The van der Waals surface area contributed by atoms with Gasteiger partial charge in [0.15, 0.2) is 0 Å². The summed E-state index contributed by atoms with van der Waals surface area (Å²) in [5.74, 6) is 0.659. The minimum absolute atomic E-state index is 0.148. The Morgan fingerprint density at radius 2 is 1.96 bits per heavy atom. The number of carbonyl (C=O) groups excluding carboxylic acids is 1. The molecule has 0 atom stereocenters. The van der Waals surface area contributed by atoms with E-state index >= 15 is 0 Å². The number of amides is 1. The van der Waals surface area contributed by atoms with Crippen LogP contribution in [0.1, 0.15) is 36.5 Å². The molecule has 0 unspecified atom stereocenters. The van der Waals surface area contributed by atoms with Crippen LogP contribution < -0.4 is 10.1 Å². The predicted molar refractivity (Wildman–Crippen MR) is 100 cm³/mol. The van der Waals surface area contributed by atoms with Gasteiger partial charge in [-0.25, -0.2) is 0 Å². The fourth-order valence-electron chi connectivity index (χ4n) is 2.37. The van der Waals surface area contributed by atoms with Crippen LogP contribution in [-0.4, -0.2) is 12.5 Å². The fourth-order valence-corrected chi connectivity index (χ4v) is 2.37. The average molecular weight is 323 g/mol. The number of para-hydroxylation sites is 1. The minimum atomic E-state index is -0.148. The molecular weight excluding hydrogens is 298 g/mol. The van der Waals surface area contributed by atoms with Crippen molar-refractivity contribution >= 4 is 17.7 Å². The zero-order valence-electron chi connectivity index (χ0n) is 14.6. The molecular formula is C21H25NO2. The summed E-state index contributed by atoms with van der Waals surface area (Å²) >= 11 is 0. The summed E-state index contributed by atoms with van der Waals surface area (Å²) < 4.78 is 5.78. The number of anilines is 1. The Morgan fingerprint density at radius 1 is 1.17 bits per heavy atom. The summed E-state index contributed by atoms with van der Waals surface area (Å²) in [5, 5.41) is 2.91. The third-order valence-electron chi connectivity index (χ3n) is 3.73. The topological polar surface area (TPSA) is 38.3 Å². The van der Waals surface area contributed by atoms with Crippen molar-refractivity contribution in [2.45, 2.75) is 33.6 Å². The molecule has 0 bridgehead atoms. The van der Waals surface area contributed by atoms with Crippen LogP contribution in [0, 0.1) is 13.8 Å². The summed E-state index contributed by atoms with van der Waals surface area (Å²) in [7, 11) is 0. The number of rotatable bonds is 7. The largest absolute Gasteiger partial charge is 0.493 e. The van der Waals surface area contributed by atoms with Crippen molar-refractivity contribution < 1.29 is 9.53 Å². The quantitative estimate of drug-likeness (QED) is 0.566. The Labute approximate surface area is 144 Å². The number of benzene rings is 2. The van der Waals surface area contributed by atoms with Crippen LogP contribution in [0.3, 0.4) is 0 Å². The Kier molecular flexibility index (Phi) is 6.62. The zero-order valence-corrected chi connectivity index (χ0v) is 14.6. The molecule has 24 heavy (non-hydrogen) atoms. The van der Waals surface area contributed by atoms with Gasteiger partial charge in [0.05, 0.1) is 6.61 Å². The van der Waals surface area contributed by atoms with Gasteiger partial charge in [-0.2, -0.15) is 0 Å². The van der Waals surface area contributed by atoms with Gasteiger partial charge in [0.1, 0.15) is 5.75 Å². The SMILES string of the molecule is CCCCOc1ccccc1C=CC(=O)Nc1ccc(C)cc1C. The van der Waals surface area contributed by atoms with Gasteiger partial charge in [0.25, 0.3) is 0 Å². The van der Waals surface area contributed by atoms with E-state index in [9.17, 15) is 4.79 Å². The zero-order chi connectivity index (χ0) is 17.4. The van der Waals surface area contributed by atoms with E-state index in [1.165, 1.54) is 5.56 Å². The monoisotopic (exact) mass is 323 g/mol. The predicted octanol–water partition coefficient (Wildman–Crippen LogP) is 5.13. The molecule has 1 N–H and O–H groups in total. The van der Waals surface area contributed by atoms with E-state index in [-0.39, 0.29) is 5.91 Å². The molecule has 1 amide bonds. The number of hydrogen-bond donors (Lipinski definition) is 1. The van der Waals surface area contributed by atoms with Crippen molar-refractivity contribution in [1.82, 2.24) is 0 Å². The number of carbonyl (C=O) groups is 1. The van der Waals surface area contributed by atoms with Gasteiger partial charge in [-0.1, -0.05) is 49.2 Å². The number of aryl methyl sites for hydroxylation is 2. The molecule has 2 rings (SSSR count). The lowest BCUT2D eigenvalue weighted by Gasteiger charge is -2.09. The van der Waals surface area contributed by atoms with Crippen LogP contribution in [0.15, 0.2) is 48.5 Å². The Bertz CT molecular complexity index is 720. The lowest BCUT2D eigenvalue weighted by Crippen LogP contribution is -2.09. The first-order valence-corrected chi connectivity index (χ1v) is 8.38. The smallest absolute Gasteiger partial charge is 0.248 e. The maximum atomic E-state index is 12.2. The molecule has 0 saturated carbocycles. The number of hydrogen-bond acceptors (Lipinski definition) is 2. The Balaban J connectivity index is 2.03. The van der Waals surface area contributed by atoms with Crippen LogP contribution >= 0.6 is 0 Å². The summed E-state index contributed by atoms with van der Waals surface area (Å²) in [6.07, 6.45) is 5.45. The highest BCUT2D eigenvalue weighted by molar-refractivity contribution is 6.02. The van der Waals surface area contributed by atoms with Gasteiger partial charge in [0, 0.05) is 17.3 Å². The molecule has 0 aliphatic carbocycles. The first-order valence-electron chi connectivity index (χ1n) is 8.38. The standard InChI is InChI=1S/C21H25NO2/c1-4-5-14-24-20-9-7-6-8-18(20)11-13-21(23)22-19-12-10-16(2)15-17(19)3/h6-13,15H,4-5,14H2,1-3H3,(H,22,23). The van der Waals surface area contributed by atoms with E-state index < -0.39 is 0 Å². The van der Waals surface area contributed by atoms with Crippen LogP contribution in [0.4, 0.5) is 5.69 Å². The number of unbranched alkanes of at least 4 members (excludes halogenated alkanes) is 1. The first kappa shape index (κ1) is 17.8. The lowest BCUT2D eigenvalue weighted by atomic mass is 10.1. The molecule has 3 nitrogen and oxygen atoms in total. The van der Waals surface area contributed by atoms with Crippen molar-refractivity contribution in [1.29, 1.82) is 0 Å². The van der Waals surface area contributed by atoms with E-state index in [0.717, 1.165) is 35.4 Å². The molecule has 0 heterocycles. The van der Waals surface area contributed by atoms with Crippen LogP contribution in [0.5, 0.6) is 5.75 Å². The van der Waals surface area contributed by atoms with Crippen LogP contribution in [0.25, 0.3) is 6.08 Å². The highest BCUT2D eigenvalue weighted by atomic mass is 16.5. The average Bonchev–Trinajstić information content (AvgIpc) is 2.57.